The summed E-state index contributed by atoms with van der Waals surface area (Å²) in [6, 6.07) is 23.4. The van der Waals surface area contributed by atoms with Crippen LogP contribution in [0.25, 0.3) is 11.5 Å². The van der Waals surface area contributed by atoms with Crippen LogP contribution in [0.5, 0.6) is 0 Å². The van der Waals surface area contributed by atoms with Crippen LogP contribution in [0, 0.1) is 13.8 Å². The van der Waals surface area contributed by atoms with Gasteiger partial charge in [-0.3, -0.25) is 0 Å². The molecule has 0 bridgehead atoms. The quantitative estimate of drug-likeness (QED) is 0.441. The first-order valence-electron chi connectivity index (χ1n) is 9.08. The highest BCUT2D eigenvalue weighted by Crippen LogP contribution is 2.30. The molecule has 1 atom stereocenters. The van der Waals surface area contributed by atoms with E-state index in [1.54, 1.807) is 0 Å². The van der Waals surface area contributed by atoms with Crippen molar-refractivity contribution in [1.29, 1.82) is 0 Å². The molecule has 0 saturated heterocycles. The fourth-order valence-electron chi connectivity index (χ4n) is 3.12. The van der Waals surface area contributed by atoms with Gasteiger partial charge in [0.1, 0.15) is 6.04 Å². The molecule has 4 aromatic rings. The van der Waals surface area contributed by atoms with Gasteiger partial charge >= 0.3 is 0 Å². The summed E-state index contributed by atoms with van der Waals surface area (Å²) in [5, 5.41) is 12.8. The maximum Gasteiger partial charge on any atom is 0.247 e. The minimum absolute atomic E-state index is 0.288. The highest BCUT2D eigenvalue weighted by molar-refractivity contribution is 6.30. The van der Waals surface area contributed by atoms with E-state index in [9.17, 15) is 0 Å². The van der Waals surface area contributed by atoms with Crippen molar-refractivity contribution in [2.24, 2.45) is 0 Å². The number of nitrogens with one attached hydrogen (secondary N) is 1. The molecule has 0 radical (unpaired) electrons. The lowest BCUT2D eigenvalue weighted by molar-refractivity contribution is 0.494. The van der Waals surface area contributed by atoms with E-state index in [-0.39, 0.29) is 6.04 Å². The van der Waals surface area contributed by atoms with Gasteiger partial charge in [-0.25, -0.2) is 0 Å². The Morgan fingerprint density at radius 3 is 2.36 bits per heavy atom. The Morgan fingerprint density at radius 1 is 0.893 bits per heavy atom. The first-order valence-corrected chi connectivity index (χ1v) is 9.46. The van der Waals surface area contributed by atoms with Crippen molar-refractivity contribution in [2.45, 2.75) is 19.9 Å². The molecular formula is C23H20ClN3O. The van der Waals surface area contributed by atoms with Crippen molar-refractivity contribution in [1.82, 2.24) is 10.2 Å². The summed E-state index contributed by atoms with van der Waals surface area (Å²) >= 11 is 6.08. The van der Waals surface area contributed by atoms with Gasteiger partial charge < -0.3 is 9.73 Å². The number of nitrogens with zero attached hydrogens (tertiary/aromatic N) is 2. The van der Waals surface area contributed by atoms with E-state index in [0.29, 0.717) is 16.8 Å². The van der Waals surface area contributed by atoms with Crippen molar-refractivity contribution < 1.29 is 4.42 Å². The fraction of sp³-hybridized carbons (Fsp3) is 0.130. The number of aryl methyl sites for hydroxylation is 2. The Morgan fingerprint density at radius 2 is 1.64 bits per heavy atom. The highest BCUT2D eigenvalue weighted by Gasteiger charge is 2.22. The summed E-state index contributed by atoms with van der Waals surface area (Å²) < 4.78 is 6.03. The van der Waals surface area contributed by atoms with Crippen molar-refractivity contribution in [2.75, 3.05) is 5.32 Å². The average Bonchev–Trinajstić information content (AvgIpc) is 3.19. The predicted molar refractivity (Wildman–Crippen MR) is 113 cm³/mol. The van der Waals surface area contributed by atoms with E-state index in [1.807, 2.05) is 54.6 Å². The van der Waals surface area contributed by atoms with Crippen molar-refractivity contribution in [3.05, 3.63) is 100 Å². The molecule has 0 aliphatic rings. The van der Waals surface area contributed by atoms with Gasteiger partial charge in [-0.1, -0.05) is 59.6 Å². The van der Waals surface area contributed by atoms with Gasteiger partial charge in [0.25, 0.3) is 0 Å². The van der Waals surface area contributed by atoms with Gasteiger partial charge in [-0.2, -0.15) is 0 Å². The maximum atomic E-state index is 6.08. The molecule has 5 heteroatoms. The van der Waals surface area contributed by atoms with Crippen LogP contribution in [0.2, 0.25) is 5.02 Å². The minimum Gasteiger partial charge on any atom is -0.418 e. The van der Waals surface area contributed by atoms with Gasteiger partial charge in [-0.05, 0) is 55.3 Å². The maximum absolute atomic E-state index is 6.08. The molecule has 0 aliphatic heterocycles. The van der Waals surface area contributed by atoms with Gasteiger partial charge in [-0.15, -0.1) is 10.2 Å². The van der Waals surface area contributed by atoms with Crippen LogP contribution in [0.4, 0.5) is 5.69 Å². The Bertz CT molecular complexity index is 1070. The number of rotatable bonds is 5. The number of anilines is 1. The molecule has 4 rings (SSSR count). The van der Waals surface area contributed by atoms with Crippen LogP contribution in [0.1, 0.15) is 28.6 Å². The Labute approximate surface area is 169 Å². The normalized spacial score (nSPS) is 12.0. The SMILES string of the molecule is Cc1ccc(N[C@@H](c2ccc(Cl)cc2)c2nnc(-c3ccccc3)o2)c(C)c1. The van der Waals surface area contributed by atoms with Gasteiger partial charge in [0.05, 0.1) is 0 Å². The zero-order chi connectivity index (χ0) is 19.5. The summed E-state index contributed by atoms with van der Waals surface area (Å²) in [7, 11) is 0. The van der Waals surface area contributed by atoms with Crippen molar-refractivity contribution in [3.63, 3.8) is 0 Å². The molecular weight excluding hydrogens is 370 g/mol. The Kier molecular flexibility index (Phi) is 5.13. The zero-order valence-corrected chi connectivity index (χ0v) is 16.4. The largest absolute Gasteiger partial charge is 0.418 e. The summed E-state index contributed by atoms with van der Waals surface area (Å²) in [6.07, 6.45) is 0. The van der Waals surface area contributed by atoms with Crippen LogP contribution in [-0.2, 0) is 0 Å². The molecule has 1 heterocycles. The molecule has 0 aliphatic carbocycles. The molecule has 140 valence electrons. The second kappa shape index (κ2) is 7.87. The number of benzene rings is 3. The molecule has 1 aromatic heterocycles. The van der Waals surface area contributed by atoms with Crippen LogP contribution in [0.3, 0.4) is 0 Å². The summed E-state index contributed by atoms with van der Waals surface area (Å²) in [5.41, 5.74) is 5.28. The average molecular weight is 390 g/mol. The topological polar surface area (TPSA) is 51.0 Å². The van der Waals surface area contributed by atoms with Crippen molar-refractivity contribution in [3.8, 4) is 11.5 Å². The lowest BCUT2D eigenvalue weighted by Gasteiger charge is -2.19. The molecule has 0 saturated carbocycles. The van der Waals surface area contributed by atoms with E-state index in [4.69, 9.17) is 16.0 Å². The van der Waals surface area contributed by atoms with Crippen LogP contribution < -0.4 is 5.32 Å². The number of halogens is 1. The fourth-order valence-corrected chi connectivity index (χ4v) is 3.25. The smallest absolute Gasteiger partial charge is 0.247 e. The van der Waals surface area contributed by atoms with E-state index < -0.39 is 0 Å². The summed E-state index contributed by atoms with van der Waals surface area (Å²) in [4.78, 5) is 0. The molecule has 4 nitrogen and oxygen atoms in total. The summed E-state index contributed by atoms with van der Waals surface area (Å²) in [6.45, 7) is 4.16. The van der Waals surface area contributed by atoms with Crippen molar-refractivity contribution >= 4 is 17.3 Å². The molecule has 0 spiro atoms. The van der Waals surface area contributed by atoms with E-state index in [1.165, 1.54) is 5.56 Å². The van der Waals surface area contributed by atoms with Gasteiger partial charge in [0, 0.05) is 16.3 Å². The first kappa shape index (κ1) is 18.3. The molecule has 0 fully saturated rings. The number of hydrogen-bond donors (Lipinski definition) is 1. The lowest BCUT2D eigenvalue weighted by atomic mass is 10.0. The van der Waals surface area contributed by atoms with E-state index in [2.05, 4.69) is 47.6 Å². The second-order valence-corrected chi connectivity index (χ2v) is 7.20. The molecule has 0 unspecified atom stereocenters. The number of hydrogen-bond acceptors (Lipinski definition) is 4. The Balaban J connectivity index is 1.73. The van der Waals surface area contributed by atoms with E-state index in [0.717, 1.165) is 22.4 Å². The minimum atomic E-state index is -0.288. The third-order valence-electron chi connectivity index (χ3n) is 4.59. The third kappa shape index (κ3) is 3.92. The molecule has 0 amide bonds. The summed E-state index contributed by atoms with van der Waals surface area (Å²) in [5.74, 6) is 0.998. The highest BCUT2D eigenvalue weighted by atomic mass is 35.5. The van der Waals surface area contributed by atoms with Crippen LogP contribution in [0.15, 0.2) is 77.2 Å². The third-order valence-corrected chi connectivity index (χ3v) is 4.85. The standard InChI is InChI=1S/C23H20ClN3O/c1-15-8-13-20(16(2)14-15)25-21(17-9-11-19(24)12-10-17)23-27-26-22(28-23)18-6-4-3-5-7-18/h3-14,21,25H,1-2H3/t21-/m0/s1. The number of aromatic nitrogens is 2. The Hall–Kier alpha value is -3.11. The molecule has 1 N–H and O–H groups in total. The van der Waals surface area contributed by atoms with Gasteiger partial charge in [0.2, 0.25) is 11.8 Å². The molecule has 28 heavy (non-hydrogen) atoms. The monoisotopic (exact) mass is 389 g/mol. The second-order valence-electron chi connectivity index (χ2n) is 6.76. The van der Waals surface area contributed by atoms with E-state index >= 15 is 0 Å². The lowest BCUT2D eigenvalue weighted by Crippen LogP contribution is -2.13. The molecule has 3 aromatic carbocycles. The van der Waals surface area contributed by atoms with Gasteiger partial charge in [0.15, 0.2) is 0 Å². The predicted octanol–water partition coefficient (Wildman–Crippen LogP) is 6.21. The van der Waals surface area contributed by atoms with Crippen LogP contribution >= 0.6 is 11.6 Å². The van der Waals surface area contributed by atoms with Crippen LogP contribution in [-0.4, -0.2) is 10.2 Å². The zero-order valence-electron chi connectivity index (χ0n) is 15.7. The first-order chi connectivity index (χ1) is 13.6.